The van der Waals surface area contributed by atoms with E-state index in [1.54, 1.807) is 25.2 Å². The maximum Gasteiger partial charge on any atom is 0.253 e. The van der Waals surface area contributed by atoms with Crippen molar-refractivity contribution in [1.82, 2.24) is 4.90 Å². The first-order chi connectivity index (χ1) is 7.95. The fourth-order valence-electron chi connectivity index (χ4n) is 1.35. The quantitative estimate of drug-likeness (QED) is 0.846. The zero-order chi connectivity index (χ0) is 13.0. The van der Waals surface area contributed by atoms with Crippen molar-refractivity contribution >= 4 is 29.1 Å². The van der Waals surface area contributed by atoms with Crippen LogP contribution in [0.3, 0.4) is 0 Å². The SMILES string of the molecule is CC(CC#N)N(C)C(=O)c1cc(Cl)cc(Cl)c1. The molecule has 17 heavy (non-hydrogen) atoms. The minimum atomic E-state index is -0.197. The highest BCUT2D eigenvalue weighted by atomic mass is 35.5. The number of nitrogens with zero attached hydrogens (tertiary/aromatic N) is 2. The average Bonchev–Trinajstić information content (AvgIpc) is 2.26. The molecule has 0 heterocycles. The van der Waals surface area contributed by atoms with Crippen molar-refractivity contribution in [3.05, 3.63) is 33.8 Å². The average molecular weight is 271 g/mol. The number of benzene rings is 1. The molecule has 0 aliphatic heterocycles. The van der Waals surface area contributed by atoms with Crippen molar-refractivity contribution in [2.75, 3.05) is 7.05 Å². The summed E-state index contributed by atoms with van der Waals surface area (Å²) in [5, 5.41) is 9.43. The van der Waals surface area contributed by atoms with Crippen LogP contribution in [0, 0.1) is 11.3 Å². The van der Waals surface area contributed by atoms with Gasteiger partial charge in [-0.3, -0.25) is 4.79 Å². The third-order valence-corrected chi connectivity index (χ3v) is 2.91. The summed E-state index contributed by atoms with van der Waals surface area (Å²) in [7, 11) is 1.65. The Morgan fingerprint density at radius 1 is 1.41 bits per heavy atom. The summed E-state index contributed by atoms with van der Waals surface area (Å²) in [6, 6.07) is 6.57. The Kier molecular flexibility index (Phi) is 4.80. The van der Waals surface area contributed by atoms with E-state index in [9.17, 15) is 4.79 Å². The molecule has 0 bridgehead atoms. The van der Waals surface area contributed by atoms with E-state index in [4.69, 9.17) is 28.5 Å². The Labute approximate surface area is 111 Å². The predicted molar refractivity (Wildman–Crippen MR) is 68.2 cm³/mol. The molecule has 1 aromatic carbocycles. The zero-order valence-corrected chi connectivity index (χ0v) is 11.1. The predicted octanol–water partition coefficient (Wildman–Crippen LogP) is 3.37. The maximum atomic E-state index is 12.1. The number of carbonyl (C=O) groups is 1. The Balaban J connectivity index is 2.93. The summed E-state index contributed by atoms with van der Waals surface area (Å²) in [4.78, 5) is 13.6. The maximum absolute atomic E-state index is 12.1. The second kappa shape index (κ2) is 5.90. The fraction of sp³-hybridized carbons (Fsp3) is 0.333. The molecule has 1 rings (SSSR count). The van der Waals surface area contributed by atoms with Crippen molar-refractivity contribution in [2.24, 2.45) is 0 Å². The van der Waals surface area contributed by atoms with Crippen molar-refractivity contribution in [2.45, 2.75) is 19.4 Å². The lowest BCUT2D eigenvalue weighted by molar-refractivity contribution is 0.0746. The molecular weight excluding hydrogens is 259 g/mol. The van der Waals surface area contributed by atoms with Gasteiger partial charge in [-0.25, -0.2) is 0 Å². The lowest BCUT2D eigenvalue weighted by Gasteiger charge is -2.23. The molecule has 1 amide bonds. The molecular formula is C12H12Cl2N2O. The van der Waals surface area contributed by atoms with Gasteiger partial charge in [0.15, 0.2) is 0 Å². The summed E-state index contributed by atoms with van der Waals surface area (Å²) in [5.41, 5.74) is 0.426. The minimum absolute atomic E-state index is 0.148. The molecule has 0 aliphatic rings. The Morgan fingerprint density at radius 2 is 1.94 bits per heavy atom. The minimum Gasteiger partial charge on any atom is -0.338 e. The van der Waals surface area contributed by atoms with Gasteiger partial charge in [0, 0.05) is 28.7 Å². The van der Waals surface area contributed by atoms with Gasteiger partial charge in [0.2, 0.25) is 0 Å². The van der Waals surface area contributed by atoms with Crippen molar-refractivity contribution in [3.63, 3.8) is 0 Å². The number of hydrogen-bond acceptors (Lipinski definition) is 2. The van der Waals surface area contributed by atoms with E-state index < -0.39 is 0 Å². The summed E-state index contributed by atoms with van der Waals surface area (Å²) in [6.07, 6.45) is 0.288. The first-order valence-electron chi connectivity index (χ1n) is 5.06. The van der Waals surface area contributed by atoms with Gasteiger partial charge in [0.1, 0.15) is 0 Å². The number of amides is 1. The lowest BCUT2D eigenvalue weighted by Crippen LogP contribution is -2.34. The van der Waals surface area contributed by atoms with Crippen LogP contribution in [-0.4, -0.2) is 23.9 Å². The van der Waals surface area contributed by atoms with Gasteiger partial charge in [0.05, 0.1) is 12.5 Å². The Morgan fingerprint density at radius 3 is 2.41 bits per heavy atom. The Hall–Kier alpha value is -1.24. The number of hydrogen-bond donors (Lipinski definition) is 0. The fourth-order valence-corrected chi connectivity index (χ4v) is 1.88. The van der Waals surface area contributed by atoms with Gasteiger partial charge < -0.3 is 4.90 Å². The van der Waals surface area contributed by atoms with Crippen molar-refractivity contribution < 1.29 is 4.79 Å². The van der Waals surface area contributed by atoms with Crippen LogP contribution in [0.15, 0.2) is 18.2 Å². The molecule has 1 aromatic rings. The Bertz CT molecular complexity index is 448. The van der Waals surface area contributed by atoms with Crippen LogP contribution in [-0.2, 0) is 0 Å². The van der Waals surface area contributed by atoms with Crippen LogP contribution in [0.5, 0.6) is 0 Å². The van der Waals surface area contributed by atoms with Gasteiger partial charge in [0.25, 0.3) is 5.91 Å². The smallest absolute Gasteiger partial charge is 0.253 e. The van der Waals surface area contributed by atoms with Crippen LogP contribution in [0.2, 0.25) is 10.0 Å². The van der Waals surface area contributed by atoms with Crippen LogP contribution in [0.25, 0.3) is 0 Å². The molecule has 0 radical (unpaired) electrons. The van der Waals surface area contributed by atoms with Crippen LogP contribution in [0.4, 0.5) is 0 Å². The van der Waals surface area contributed by atoms with E-state index >= 15 is 0 Å². The molecule has 0 aliphatic carbocycles. The van der Waals surface area contributed by atoms with Gasteiger partial charge >= 0.3 is 0 Å². The second-order valence-electron chi connectivity index (χ2n) is 3.79. The molecule has 1 atom stereocenters. The van der Waals surface area contributed by atoms with E-state index in [-0.39, 0.29) is 18.4 Å². The summed E-state index contributed by atoms with van der Waals surface area (Å²) < 4.78 is 0. The highest BCUT2D eigenvalue weighted by Gasteiger charge is 2.17. The number of rotatable bonds is 3. The standard InChI is InChI=1S/C12H12Cl2N2O/c1-8(3-4-15)16(2)12(17)9-5-10(13)7-11(14)6-9/h5-8H,3H2,1-2H3. The normalized spacial score (nSPS) is 11.7. The summed E-state index contributed by atoms with van der Waals surface area (Å²) >= 11 is 11.7. The van der Waals surface area contributed by atoms with E-state index in [2.05, 4.69) is 0 Å². The van der Waals surface area contributed by atoms with E-state index in [1.807, 2.05) is 13.0 Å². The van der Waals surface area contributed by atoms with Crippen molar-refractivity contribution in [1.29, 1.82) is 5.26 Å². The molecule has 0 fully saturated rings. The topological polar surface area (TPSA) is 44.1 Å². The summed E-state index contributed by atoms with van der Waals surface area (Å²) in [6.45, 7) is 1.81. The molecule has 0 spiro atoms. The summed E-state index contributed by atoms with van der Waals surface area (Å²) in [5.74, 6) is -0.197. The molecule has 3 nitrogen and oxygen atoms in total. The number of halogens is 2. The largest absolute Gasteiger partial charge is 0.338 e. The van der Waals surface area contributed by atoms with E-state index in [0.717, 1.165) is 0 Å². The van der Waals surface area contributed by atoms with Gasteiger partial charge in [-0.1, -0.05) is 23.2 Å². The highest BCUT2D eigenvalue weighted by Crippen LogP contribution is 2.20. The molecule has 0 N–H and O–H groups in total. The third kappa shape index (κ3) is 3.62. The number of nitriles is 1. The van der Waals surface area contributed by atoms with Gasteiger partial charge in [-0.2, -0.15) is 5.26 Å². The number of carbonyl (C=O) groups excluding carboxylic acids is 1. The van der Waals surface area contributed by atoms with Gasteiger partial charge in [-0.05, 0) is 25.1 Å². The molecule has 1 unspecified atom stereocenters. The van der Waals surface area contributed by atoms with E-state index in [0.29, 0.717) is 15.6 Å². The monoisotopic (exact) mass is 270 g/mol. The molecule has 90 valence electrons. The molecule has 5 heteroatoms. The van der Waals surface area contributed by atoms with E-state index in [1.165, 1.54) is 4.90 Å². The lowest BCUT2D eigenvalue weighted by atomic mass is 10.1. The van der Waals surface area contributed by atoms with Crippen molar-refractivity contribution in [3.8, 4) is 6.07 Å². The first kappa shape index (κ1) is 13.8. The highest BCUT2D eigenvalue weighted by molar-refractivity contribution is 6.35. The molecule has 0 saturated heterocycles. The van der Waals surface area contributed by atoms with Crippen LogP contribution < -0.4 is 0 Å². The van der Waals surface area contributed by atoms with Gasteiger partial charge in [-0.15, -0.1) is 0 Å². The molecule has 0 aromatic heterocycles. The van der Waals surface area contributed by atoms with Crippen LogP contribution in [0.1, 0.15) is 23.7 Å². The molecule has 0 saturated carbocycles. The first-order valence-corrected chi connectivity index (χ1v) is 5.81. The van der Waals surface area contributed by atoms with Crippen LogP contribution >= 0.6 is 23.2 Å². The third-order valence-electron chi connectivity index (χ3n) is 2.48. The zero-order valence-electron chi connectivity index (χ0n) is 9.58. The second-order valence-corrected chi connectivity index (χ2v) is 4.66.